The van der Waals surface area contributed by atoms with E-state index in [9.17, 15) is 0 Å². The molecule has 1 aromatic heterocycles. The molecule has 14 heavy (non-hydrogen) atoms. The Kier molecular flexibility index (Phi) is 2.85. The Bertz CT molecular complexity index is 279. The van der Waals surface area contributed by atoms with Crippen LogP contribution in [0.15, 0.2) is 30.6 Å². The summed E-state index contributed by atoms with van der Waals surface area (Å²) in [6, 6.07) is 7.10. The Morgan fingerprint density at radius 1 is 1.07 bits per heavy atom. The first-order chi connectivity index (χ1) is 6.77. The maximum absolute atomic E-state index is 2.38. The lowest BCUT2D eigenvalue weighted by Gasteiger charge is -2.12. The number of hydrogen-bond acceptors (Lipinski definition) is 0. The van der Waals surface area contributed by atoms with Gasteiger partial charge in [-0.1, -0.05) is 19.9 Å². The van der Waals surface area contributed by atoms with Gasteiger partial charge in [0.05, 0.1) is 0 Å². The van der Waals surface area contributed by atoms with Crippen LogP contribution in [-0.2, 0) is 0 Å². The van der Waals surface area contributed by atoms with Gasteiger partial charge in [0, 0.05) is 25.0 Å². The van der Waals surface area contributed by atoms with Crippen molar-refractivity contribution in [3.63, 3.8) is 0 Å². The van der Waals surface area contributed by atoms with Gasteiger partial charge in [-0.15, -0.1) is 0 Å². The van der Waals surface area contributed by atoms with Gasteiger partial charge in [-0.05, 0) is 18.3 Å². The highest BCUT2D eigenvalue weighted by molar-refractivity contribution is 4.85. The van der Waals surface area contributed by atoms with E-state index in [1.807, 2.05) is 0 Å². The molecular formula is C13H20N+. The van der Waals surface area contributed by atoms with Gasteiger partial charge in [0.1, 0.15) is 0 Å². The van der Waals surface area contributed by atoms with Gasteiger partial charge in [0.15, 0.2) is 18.4 Å². The minimum Gasteiger partial charge on any atom is -0.202 e. The van der Waals surface area contributed by atoms with Crippen LogP contribution in [0.1, 0.15) is 39.2 Å². The third kappa shape index (κ3) is 1.97. The molecule has 0 bridgehead atoms. The maximum atomic E-state index is 2.38. The molecular weight excluding hydrogens is 170 g/mol. The normalized spacial score (nSPS) is 27.1. The van der Waals surface area contributed by atoms with E-state index < -0.39 is 0 Å². The van der Waals surface area contributed by atoms with E-state index in [2.05, 4.69) is 49.0 Å². The van der Waals surface area contributed by atoms with Crippen molar-refractivity contribution in [3.05, 3.63) is 30.6 Å². The Hall–Kier alpha value is -0.850. The molecule has 1 aliphatic rings. The summed E-state index contributed by atoms with van der Waals surface area (Å²) in [5.41, 5.74) is 0. The molecule has 0 radical (unpaired) electrons. The fourth-order valence-corrected chi connectivity index (χ4v) is 2.52. The van der Waals surface area contributed by atoms with E-state index in [1.165, 1.54) is 19.3 Å². The first kappa shape index (κ1) is 9.70. The molecule has 2 atom stereocenters. The minimum atomic E-state index is 0.753. The van der Waals surface area contributed by atoms with Crippen molar-refractivity contribution < 1.29 is 4.57 Å². The first-order valence-corrected chi connectivity index (χ1v) is 5.73. The van der Waals surface area contributed by atoms with Crippen LogP contribution >= 0.6 is 0 Å². The lowest BCUT2D eigenvalue weighted by molar-refractivity contribution is -0.722. The smallest absolute Gasteiger partial charge is 0.169 e. The Balaban J connectivity index is 2.03. The van der Waals surface area contributed by atoms with Crippen molar-refractivity contribution in [1.82, 2.24) is 0 Å². The van der Waals surface area contributed by atoms with Gasteiger partial charge < -0.3 is 0 Å². The summed E-state index contributed by atoms with van der Waals surface area (Å²) in [4.78, 5) is 0. The van der Waals surface area contributed by atoms with Crippen molar-refractivity contribution in [3.8, 4) is 0 Å². The van der Waals surface area contributed by atoms with Gasteiger partial charge in [0.2, 0.25) is 0 Å². The van der Waals surface area contributed by atoms with Crippen LogP contribution in [0.3, 0.4) is 0 Å². The molecule has 2 rings (SSSR count). The molecule has 0 saturated heterocycles. The summed E-state index contributed by atoms with van der Waals surface area (Å²) < 4.78 is 2.38. The fourth-order valence-electron chi connectivity index (χ4n) is 2.52. The second-order valence-corrected chi connectivity index (χ2v) is 4.79. The van der Waals surface area contributed by atoms with Crippen LogP contribution in [0.5, 0.6) is 0 Å². The quantitative estimate of drug-likeness (QED) is 0.631. The highest BCUT2D eigenvalue weighted by Gasteiger charge is 2.31. The van der Waals surface area contributed by atoms with E-state index in [0.717, 1.165) is 17.9 Å². The van der Waals surface area contributed by atoms with Crippen molar-refractivity contribution in [2.24, 2.45) is 11.8 Å². The van der Waals surface area contributed by atoms with Crippen LogP contribution in [-0.4, -0.2) is 0 Å². The van der Waals surface area contributed by atoms with Gasteiger partial charge in [0.25, 0.3) is 0 Å². The lowest BCUT2D eigenvalue weighted by atomic mass is 9.94. The molecule has 1 saturated carbocycles. The summed E-state index contributed by atoms with van der Waals surface area (Å²) in [6.45, 7) is 4.70. The topological polar surface area (TPSA) is 3.88 Å². The summed E-state index contributed by atoms with van der Waals surface area (Å²) in [7, 11) is 0. The largest absolute Gasteiger partial charge is 0.202 e. The van der Waals surface area contributed by atoms with E-state index in [-0.39, 0.29) is 0 Å². The van der Waals surface area contributed by atoms with Crippen LogP contribution < -0.4 is 4.57 Å². The molecule has 1 nitrogen and oxygen atoms in total. The van der Waals surface area contributed by atoms with Crippen molar-refractivity contribution in [1.29, 1.82) is 0 Å². The van der Waals surface area contributed by atoms with Crippen molar-refractivity contribution >= 4 is 0 Å². The zero-order valence-corrected chi connectivity index (χ0v) is 9.19. The third-order valence-electron chi connectivity index (χ3n) is 3.55. The molecule has 0 spiro atoms. The zero-order chi connectivity index (χ0) is 9.97. The van der Waals surface area contributed by atoms with Gasteiger partial charge in [-0.2, -0.15) is 0 Å². The van der Waals surface area contributed by atoms with Gasteiger partial charge in [-0.3, -0.25) is 0 Å². The molecule has 76 valence electrons. The van der Waals surface area contributed by atoms with E-state index in [1.54, 1.807) is 0 Å². The number of hydrogen-bond donors (Lipinski definition) is 0. The highest BCUT2D eigenvalue weighted by Crippen LogP contribution is 2.35. The number of nitrogens with zero attached hydrogens (tertiary/aromatic N) is 1. The average Bonchev–Trinajstić information content (AvgIpc) is 2.68. The predicted octanol–water partition coefficient (Wildman–Crippen LogP) is 2.97. The molecule has 1 aromatic rings. The second kappa shape index (κ2) is 4.12. The van der Waals surface area contributed by atoms with E-state index in [4.69, 9.17) is 0 Å². The third-order valence-corrected chi connectivity index (χ3v) is 3.55. The molecule has 0 N–H and O–H groups in total. The maximum Gasteiger partial charge on any atom is 0.169 e. The minimum absolute atomic E-state index is 0.753. The Morgan fingerprint density at radius 2 is 1.79 bits per heavy atom. The highest BCUT2D eigenvalue weighted by atomic mass is 15.0. The summed E-state index contributed by atoms with van der Waals surface area (Å²) in [6.07, 6.45) is 8.54. The van der Waals surface area contributed by atoms with Crippen LogP contribution in [0.2, 0.25) is 0 Å². The molecule has 0 aromatic carbocycles. The lowest BCUT2D eigenvalue weighted by Crippen LogP contribution is -2.37. The molecule has 1 aliphatic carbocycles. The Labute approximate surface area is 86.8 Å². The fraction of sp³-hybridized carbons (Fsp3) is 0.615. The predicted molar refractivity (Wildman–Crippen MR) is 57.9 cm³/mol. The molecule has 0 amide bonds. The van der Waals surface area contributed by atoms with Gasteiger partial charge >= 0.3 is 0 Å². The summed E-state index contributed by atoms with van der Waals surface area (Å²) >= 11 is 0. The second-order valence-electron chi connectivity index (χ2n) is 4.79. The number of rotatable bonds is 2. The molecule has 0 aliphatic heterocycles. The Morgan fingerprint density at radius 3 is 2.36 bits per heavy atom. The van der Waals surface area contributed by atoms with E-state index in [0.29, 0.717) is 0 Å². The standard InChI is InChI=1S/C13H20N/c1-11(2)12-6-7-13(10-12)14-8-4-3-5-9-14/h3-5,8-9,11-13H,6-7,10H2,1-2H3/q+1. The van der Waals surface area contributed by atoms with Crippen LogP contribution in [0.4, 0.5) is 0 Å². The average molecular weight is 190 g/mol. The molecule has 1 heterocycles. The van der Waals surface area contributed by atoms with Crippen molar-refractivity contribution in [2.75, 3.05) is 0 Å². The SMILES string of the molecule is CC(C)C1CCC([n+]2ccccc2)C1. The number of aromatic nitrogens is 1. The monoisotopic (exact) mass is 190 g/mol. The zero-order valence-electron chi connectivity index (χ0n) is 9.19. The summed E-state index contributed by atoms with van der Waals surface area (Å²) in [5.74, 6) is 1.79. The van der Waals surface area contributed by atoms with Crippen LogP contribution in [0.25, 0.3) is 0 Å². The van der Waals surface area contributed by atoms with Crippen molar-refractivity contribution in [2.45, 2.75) is 39.2 Å². The van der Waals surface area contributed by atoms with E-state index >= 15 is 0 Å². The van der Waals surface area contributed by atoms with Gasteiger partial charge in [-0.25, -0.2) is 4.57 Å². The molecule has 2 unspecified atom stereocenters. The number of pyridine rings is 1. The molecule has 1 heteroatoms. The summed E-state index contributed by atoms with van der Waals surface area (Å²) in [5, 5.41) is 0. The first-order valence-electron chi connectivity index (χ1n) is 5.73. The van der Waals surface area contributed by atoms with Crippen LogP contribution in [0, 0.1) is 11.8 Å². The molecule has 1 fully saturated rings.